The summed E-state index contributed by atoms with van der Waals surface area (Å²) >= 11 is 1.46. The number of carbonyl (C=O) groups is 2. The fourth-order valence-electron chi connectivity index (χ4n) is 2.08. The highest BCUT2D eigenvalue weighted by Crippen LogP contribution is 2.31. The summed E-state index contributed by atoms with van der Waals surface area (Å²) in [7, 11) is 0. The summed E-state index contributed by atoms with van der Waals surface area (Å²) in [6.07, 6.45) is 0.143. The third-order valence-corrected chi connectivity index (χ3v) is 4.07. The monoisotopic (exact) mass is 311 g/mol. The van der Waals surface area contributed by atoms with Crippen LogP contribution < -0.4 is 10.9 Å². The summed E-state index contributed by atoms with van der Waals surface area (Å²) in [5, 5.41) is 3.14. The predicted molar refractivity (Wildman–Crippen MR) is 77.3 cm³/mol. The average molecular weight is 311 g/mol. The standard InChI is InChI=1S/C13H17N3O4S/c1-3-20-12(19)6-14-10(17)5-9-7-21-13-15-8(2)4-11(18)16(9)13/h4,9H,3,5-7H2,1-2H3,(H,14,17). The summed E-state index contributed by atoms with van der Waals surface area (Å²) in [6.45, 7) is 3.60. The van der Waals surface area contributed by atoms with Crippen LogP contribution in [-0.2, 0) is 14.3 Å². The molecule has 1 aliphatic rings. The van der Waals surface area contributed by atoms with Crippen LogP contribution in [0.2, 0.25) is 0 Å². The van der Waals surface area contributed by atoms with Gasteiger partial charge in [-0.2, -0.15) is 0 Å². The molecule has 0 spiro atoms. The Balaban J connectivity index is 1.96. The Labute approximate surface area is 126 Å². The van der Waals surface area contributed by atoms with Gasteiger partial charge in [0.2, 0.25) is 5.91 Å². The van der Waals surface area contributed by atoms with Gasteiger partial charge in [0.15, 0.2) is 5.16 Å². The highest BCUT2D eigenvalue weighted by atomic mass is 32.2. The highest BCUT2D eigenvalue weighted by molar-refractivity contribution is 7.99. The van der Waals surface area contributed by atoms with Crippen LogP contribution in [0.1, 0.15) is 25.1 Å². The van der Waals surface area contributed by atoms with Crippen molar-refractivity contribution in [2.75, 3.05) is 18.9 Å². The number of hydrogen-bond donors (Lipinski definition) is 1. The van der Waals surface area contributed by atoms with Crippen molar-refractivity contribution in [3.05, 3.63) is 22.1 Å². The van der Waals surface area contributed by atoms with E-state index in [1.54, 1.807) is 18.4 Å². The third kappa shape index (κ3) is 3.84. The number of hydrogen-bond acceptors (Lipinski definition) is 6. The quantitative estimate of drug-likeness (QED) is 0.620. The molecule has 1 atom stereocenters. The molecule has 1 amide bonds. The highest BCUT2D eigenvalue weighted by Gasteiger charge is 2.27. The lowest BCUT2D eigenvalue weighted by Gasteiger charge is -2.13. The van der Waals surface area contributed by atoms with E-state index < -0.39 is 5.97 Å². The number of esters is 1. The molecule has 8 heteroatoms. The van der Waals surface area contributed by atoms with Crippen LogP contribution in [0.5, 0.6) is 0 Å². The molecule has 2 heterocycles. The summed E-state index contributed by atoms with van der Waals surface area (Å²) in [5.74, 6) is -0.131. The number of carbonyl (C=O) groups excluding carboxylic acids is 2. The molecule has 2 rings (SSSR count). The molecule has 0 bridgehead atoms. The zero-order valence-electron chi connectivity index (χ0n) is 11.9. The van der Waals surface area contributed by atoms with E-state index >= 15 is 0 Å². The van der Waals surface area contributed by atoms with Gasteiger partial charge >= 0.3 is 5.97 Å². The maximum absolute atomic E-state index is 12.0. The minimum Gasteiger partial charge on any atom is -0.465 e. The molecular weight excluding hydrogens is 294 g/mol. The van der Waals surface area contributed by atoms with Gasteiger partial charge in [-0.1, -0.05) is 11.8 Å². The Kier molecular flexibility index (Phi) is 5.00. The third-order valence-electron chi connectivity index (χ3n) is 2.97. The molecule has 0 fully saturated rings. The summed E-state index contributed by atoms with van der Waals surface area (Å²) < 4.78 is 6.27. The first kappa shape index (κ1) is 15.6. The van der Waals surface area contributed by atoms with Crippen molar-refractivity contribution in [3.63, 3.8) is 0 Å². The molecule has 1 aromatic heterocycles. The van der Waals surface area contributed by atoms with E-state index in [-0.39, 0.29) is 37.1 Å². The summed E-state index contributed by atoms with van der Waals surface area (Å²) in [6, 6.07) is 1.23. The Morgan fingerprint density at radius 3 is 3.05 bits per heavy atom. The number of nitrogens with one attached hydrogen (secondary N) is 1. The smallest absolute Gasteiger partial charge is 0.325 e. The van der Waals surface area contributed by atoms with Gasteiger partial charge < -0.3 is 10.1 Å². The molecule has 1 N–H and O–H groups in total. The first-order valence-electron chi connectivity index (χ1n) is 6.66. The van der Waals surface area contributed by atoms with Crippen molar-refractivity contribution in [2.24, 2.45) is 0 Å². The van der Waals surface area contributed by atoms with E-state index in [0.717, 1.165) is 0 Å². The van der Waals surface area contributed by atoms with Crippen molar-refractivity contribution >= 4 is 23.6 Å². The lowest BCUT2D eigenvalue weighted by molar-refractivity contribution is -0.143. The van der Waals surface area contributed by atoms with Crippen LogP contribution in [0.4, 0.5) is 0 Å². The van der Waals surface area contributed by atoms with Crippen molar-refractivity contribution in [1.82, 2.24) is 14.9 Å². The molecule has 0 aromatic carbocycles. The minimum atomic E-state index is -0.471. The number of thioether (sulfide) groups is 1. The number of aryl methyl sites for hydroxylation is 1. The first-order chi connectivity index (χ1) is 10.0. The second-order valence-electron chi connectivity index (χ2n) is 4.64. The molecule has 114 valence electrons. The van der Waals surface area contributed by atoms with Gasteiger partial charge in [-0.3, -0.25) is 19.0 Å². The molecule has 1 aromatic rings. The SMILES string of the molecule is CCOC(=O)CNC(=O)CC1CSc2nc(C)cc(=O)n21. The van der Waals surface area contributed by atoms with Crippen molar-refractivity contribution in [2.45, 2.75) is 31.5 Å². The molecule has 0 saturated carbocycles. The minimum absolute atomic E-state index is 0.143. The number of nitrogens with zero attached hydrogens (tertiary/aromatic N) is 2. The lowest BCUT2D eigenvalue weighted by atomic mass is 10.2. The second kappa shape index (κ2) is 6.75. The largest absolute Gasteiger partial charge is 0.465 e. The Morgan fingerprint density at radius 2 is 2.33 bits per heavy atom. The molecule has 0 aliphatic carbocycles. The normalized spacial score (nSPS) is 16.4. The lowest BCUT2D eigenvalue weighted by Crippen LogP contribution is -2.34. The summed E-state index contributed by atoms with van der Waals surface area (Å²) in [5.41, 5.74) is 0.525. The van der Waals surface area contributed by atoms with Crippen LogP contribution in [0.3, 0.4) is 0 Å². The number of rotatable bonds is 5. The maximum Gasteiger partial charge on any atom is 0.325 e. The van der Waals surface area contributed by atoms with Crippen LogP contribution in [0.25, 0.3) is 0 Å². The molecule has 21 heavy (non-hydrogen) atoms. The summed E-state index contributed by atoms with van der Waals surface area (Å²) in [4.78, 5) is 39.3. The molecule has 0 radical (unpaired) electrons. The van der Waals surface area contributed by atoms with Gasteiger partial charge in [-0.05, 0) is 13.8 Å². The van der Waals surface area contributed by atoms with E-state index in [9.17, 15) is 14.4 Å². The molecule has 7 nitrogen and oxygen atoms in total. The van der Waals surface area contributed by atoms with E-state index in [1.165, 1.54) is 17.8 Å². The average Bonchev–Trinajstić information content (AvgIpc) is 2.80. The fourth-order valence-corrected chi connectivity index (χ4v) is 3.28. The van der Waals surface area contributed by atoms with Gasteiger partial charge in [-0.25, -0.2) is 4.98 Å². The Bertz CT molecular complexity index is 614. The van der Waals surface area contributed by atoms with Gasteiger partial charge in [0.05, 0.1) is 12.6 Å². The fraction of sp³-hybridized carbons (Fsp3) is 0.538. The molecule has 1 aliphatic heterocycles. The van der Waals surface area contributed by atoms with Crippen LogP contribution >= 0.6 is 11.8 Å². The van der Waals surface area contributed by atoms with Crippen LogP contribution in [0.15, 0.2) is 16.0 Å². The van der Waals surface area contributed by atoms with Gasteiger partial charge in [-0.15, -0.1) is 0 Å². The van der Waals surface area contributed by atoms with Gasteiger partial charge in [0.1, 0.15) is 6.54 Å². The van der Waals surface area contributed by atoms with Gasteiger partial charge in [0, 0.05) is 23.9 Å². The second-order valence-corrected chi connectivity index (χ2v) is 5.63. The zero-order valence-corrected chi connectivity index (χ0v) is 12.7. The topological polar surface area (TPSA) is 90.3 Å². The van der Waals surface area contributed by atoms with Gasteiger partial charge in [0.25, 0.3) is 5.56 Å². The van der Waals surface area contributed by atoms with E-state index in [4.69, 9.17) is 4.74 Å². The van der Waals surface area contributed by atoms with E-state index in [1.807, 2.05) is 0 Å². The number of amides is 1. The number of aromatic nitrogens is 2. The Morgan fingerprint density at radius 1 is 1.57 bits per heavy atom. The van der Waals surface area contributed by atoms with Crippen molar-refractivity contribution < 1.29 is 14.3 Å². The number of fused-ring (bicyclic) bond motifs is 1. The number of ether oxygens (including phenoxy) is 1. The molecular formula is C13H17N3O4S. The van der Waals surface area contributed by atoms with Crippen LogP contribution in [-0.4, -0.2) is 40.3 Å². The van der Waals surface area contributed by atoms with E-state index in [0.29, 0.717) is 16.6 Å². The first-order valence-corrected chi connectivity index (χ1v) is 7.65. The molecule has 0 saturated heterocycles. The van der Waals surface area contributed by atoms with Crippen LogP contribution in [0, 0.1) is 6.92 Å². The predicted octanol–water partition coefficient (Wildman–Crippen LogP) is 0.268. The maximum atomic E-state index is 12.0. The Hall–Kier alpha value is -1.83. The van der Waals surface area contributed by atoms with Crippen molar-refractivity contribution in [1.29, 1.82) is 0 Å². The molecule has 1 unspecified atom stereocenters. The zero-order chi connectivity index (χ0) is 15.4. The van der Waals surface area contributed by atoms with E-state index in [2.05, 4.69) is 10.3 Å². The van der Waals surface area contributed by atoms with Crippen molar-refractivity contribution in [3.8, 4) is 0 Å².